The molecule has 0 aliphatic heterocycles. The number of carboxylic acids is 1. The number of carbonyl (C=O) groups is 2. The second kappa shape index (κ2) is 8.05. The molecule has 134 valence electrons. The van der Waals surface area contributed by atoms with Gasteiger partial charge in [0.25, 0.3) is 5.91 Å². The Morgan fingerprint density at radius 3 is 2.69 bits per heavy atom. The fourth-order valence-electron chi connectivity index (χ4n) is 2.62. The van der Waals surface area contributed by atoms with Gasteiger partial charge in [0.15, 0.2) is 5.76 Å². The average molecular weight is 370 g/mol. The zero-order valence-electron chi connectivity index (χ0n) is 14.1. The van der Waals surface area contributed by atoms with Gasteiger partial charge in [-0.15, -0.1) is 0 Å². The van der Waals surface area contributed by atoms with Crippen molar-refractivity contribution in [1.82, 2.24) is 10.5 Å². The highest BCUT2D eigenvalue weighted by Crippen LogP contribution is 2.29. The van der Waals surface area contributed by atoms with Crippen LogP contribution in [0.5, 0.6) is 0 Å². The van der Waals surface area contributed by atoms with Crippen LogP contribution in [-0.4, -0.2) is 40.2 Å². The first-order valence-electron chi connectivity index (χ1n) is 8.07. The number of thioether (sulfide) groups is 1. The van der Waals surface area contributed by atoms with Crippen LogP contribution in [0.1, 0.15) is 16.8 Å². The van der Waals surface area contributed by atoms with Gasteiger partial charge in [-0.3, -0.25) is 4.79 Å². The van der Waals surface area contributed by atoms with E-state index in [2.05, 4.69) is 10.5 Å². The van der Waals surface area contributed by atoms with E-state index in [1.165, 1.54) is 11.8 Å². The van der Waals surface area contributed by atoms with Gasteiger partial charge in [-0.2, -0.15) is 11.8 Å². The number of nitrogens with zero attached hydrogens (tertiary/aromatic N) is 1. The van der Waals surface area contributed by atoms with Gasteiger partial charge in [0, 0.05) is 11.1 Å². The van der Waals surface area contributed by atoms with Crippen molar-refractivity contribution in [1.29, 1.82) is 0 Å². The number of nitrogens with one attached hydrogen (secondary N) is 1. The Labute approximate surface area is 154 Å². The number of carbonyl (C=O) groups excluding carboxylic acids is 1. The summed E-state index contributed by atoms with van der Waals surface area (Å²) >= 11 is 1.54. The molecule has 0 fully saturated rings. The SMILES string of the molecule is CSCC[C@@H](NC(=O)c1ccc2noc(-c3ccccc3)c2c1)C(=O)O. The van der Waals surface area contributed by atoms with Crippen molar-refractivity contribution in [2.24, 2.45) is 0 Å². The summed E-state index contributed by atoms with van der Waals surface area (Å²) in [6.07, 6.45) is 2.26. The lowest BCUT2D eigenvalue weighted by Crippen LogP contribution is -2.41. The highest BCUT2D eigenvalue weighted by molar-refractivity contribution is 7.98. The molecule has 3 rings (SSSR count). The molecule has 2 aromatic carbocycles. The summed E-state index contributed by atoms with van der Waals surface area (Å²) in [5, 5.41) is 16.6. The Bertz CT molecular complexity index is 924. The first-order chi connectivity index (χ1) is 12.6. The van der Waals surface area contributed by atoms with E-state index in [-0.39, 0.29) is 0 Å². The van der Waals surface area contributed by atoms with Crippen LogP contribution in [0.15, 0.2) is 53.1 Å². The monoisotopic (exact) mass is 370 g/mol. The fraction of sp³-hybridized carbons (Fsp3) is 0.211. The number of fused-ring (bicyclic) bond motifs is 1. The molecule has 0 aliphatic carbocycles. The molecular weight excluding hydrogens is 352 g/mol. The van der Waals surface area contributed by atoms with Gasteiger partial charge in [-0.1, -0.05) is 35.5 Å². The molecule has 6 nitrogen and oxygen atoms in total. The number of amides is 1. The number of hydrogen-bond acceptors (Lipinski definition) is 5. The third-order valence-electron chi connectivity index (χ3n) is 3.99. The molecule has 7 heteroatoms. The van der Waals surface area contributed by atoms with Gasteiger partial charge in [0.05, 0.1) is 5.39 Å². The minimum atomic E-state index is -1.04. The quantitative estimate of drug-likeness (QED) is 0.662. The first kappa shape index (κ1) is 18.0. The number of hydrogen-bond donors (Lipinski definition) is 2. The summed E-state index contributed by atoms with van der Waals surface area (Å²) in [6, 6.07) is 13.6. The second-order valence-electron chi connectivity index (χ2n) is 5.76. The van der Waals surface area contributed by atoms with E-state index in [0.29, 0.717) is 34.4 Å². The number of aliphatic carboxylic acids is 1. The minimum absolute atomic E-state index is 0.368. The standard InChI is InChI=1S/C19H18N2O4S/c1-26-10-9-16(19(23)24)20-18(22)13-7-8-15-14(11-13)17(25-21-15)12-5-3-2-4-6-12/h2-8,11,16H,9-10H2,1H3,(H,20,22)(H,23,24)/t16-/m1/s1. The third kappa shape index (κ3) is 3.88. The van der Waals surface area contributed by atoms with Crippen molar-refractivity contribution < 1.29 is 19.2 Å². The smallest absolute Gasteiger partial charge is 0.326 e. The largest absolute Gasteiger partial charge is 0.480 e. The molecule has 1 heterocycles. The highest BCUT2D eigenvalue weighted by atomic mass is 32.2. The zero-order chi connectivity index (χ0) is 18.5. The van der Waals surface area contributed by atoms with Crippen LogP contribution in [0.2, 0.25) is 0 Å². The topological polar surface area (TPSA) is 92.4 Å². The summed E-state index contributed by atoms with van der Waals surface area (Å²) < 4.78 is 5.43. The second-order valence-corrected chi connectivity index (χ2v) is 6.74. The summed E-state index contributed by atoms with van der Waals surface area (Å²) in [5.74, 6) is -0.239. The molecule has 1 amide bonds. The molecule has 1 aromatic heterocycles. The Balaban J connectivity index is 1.88. The maximum atomic E-state index is 12.5. The first-order valence-corrected chi connectivity index (χ1v) is 9.47. The van der Waals surface area contributed by atoms with Gasteiger partial charge < -0.3 is 14.9 Å². The molecular formula is C19H18N2O4S. The van der Waals surface area contributed by atoms with Crippen LogP contribution < -0.4 is 5.32 Å². The molecule has 1 atom stereocenters. The molecule has 3 aromatic rings. The van der Waals surface area contributed by atoms with Crippen LogP contribution in [0.3, 0.4) is 0 Å². The lowest BCUT2D eigenvalue weighted by Gasteiger charge is -2.14. The third-order valence-corrected chi connectivity index (χ3v) is 4.63. The van der Waals surface area contributed by atoms with Crippen molar-refractivity contribution in [2.75, 3.05) is 12.0 Å². The van der Waals surface area contributed by atoms with Gasteiger partial charge in [0.2, 0.25) is 0 Å². The Kier molecular flexibility index (Phi) is 5.58. The van der Waals surface area contributed by atoms with E-state index in [4.69, 9.17) is 4.52 Å². The van der Waals surface area contributed by atoms with Gasteiger partial charge >= 0.3 is 5.97 Å². The van der Waals surface area contributed by atoms with Crippen molar-refractivity contribution in [3.8, 4) is 11.3 Å². The number of rotatable bonds is 7. The van der Waals surface area contributed by atoms with Gasteiger partial charge in [-0.05, 0) is 36.6 Å². The molecule has 0 bridgehead atoms. The highest BCUT2D eigenvalue weighted by Gasteiger charge is 2.21. The Hall–Kier alpha value is -2.80. The number of aromatic nitrogens is 1. The molecule has 0 saturated heterocycles. The lowest BCUT2D eigenvalue weighted by molar-refractivity contribution is -0.139. The maximum Gasteiger partial charge on any atom is 0.326 e. The van der Waals surface area contributed by atoms with E-state index in [9.17, 15) is 14.7 Å². The minimum Gasteiger partial charge on any atom is -0.480 e. The van der Waals surface area contributed by atoms with Crippen LogP contribution in [0, 0.1) is 0 Å². The Morgan fingerprint density at radius 2 is 2.00 bits per heavy atom. The lowest BCUT2D eigenvalue weighted by atomic mass is 10.1. The molecule has 0 spiro atoms. The van der Waals surface area contributed by atoms with E-state index < -0.39 is 17.9 Å². The van der Waals surface area contributed by atoms with Gasteiger partial charge in [-0.25, -0.2) is 4.79 Å². The molecule has 0 radical (unpaired) electrons. The van der Waals surface area contributed by atoms with Gasteiger partial charge in [0.1, 0.15) is 11.6 Å². The molecule has 0 aliphatic rings. The number of benzene rings is 2. The molecule has 0 saturated carbocycles. The Morgan fingerprint density at radius 1 is 1.23 bits per heavy atom. The normalized spacial score (nSPS) is 12.0. The average Bonchev–Trinajstić information content (AvgIpc) is 3.08. The molecule has 2 N–H and O–H groups in total. The number of carboxylic acid groups (broad SMARTS) is 1. The van der Waals surface area contributed by atoms with E-state index in [1.54, 1.807) is 18.2 Å². The zero-order valence-corrected chi connectivity index (χ0v) is 15.0. The van der Waals surface area contributed by atoms with Crippen molar-refractivity contribution in [3.05, 3.63) is 54.1 Å². The van der Waals surface area contributed by atoms with Crippen molar-refractivity contribution >= 4 is 34.5 Å². The van der Waals surface area contributed by atoms with E-state index in [0.717, 1.165) is 5.56 Å². The summed E-state index contributed by atoms with van der Waals surface area (Å²) in [6.45, 7) is 0. The van der Waals surface area contributed by atoms with Crippen molar-refractivity contribution in [2.45, 2.75) is 12.5 Å². The van der Waals surface area contributed by atoms with Crippen LogP contribution in [0.25, 0.3) is 22.2 Å². The van der Waals surface area contributed by atoms with Crippen molar-refractivity contribution in [3.63, 3.8) is 0 Å². The molecule has 0 unspecified atom stereocenters. The summed E-state index contributed by atoms with van der Waals surface area (Å²) in [4.78, 5) is 23.8. The van der Waals surface area contributed by atoms with E-state index >= 15 is 0 Å². The predicted molar refractivity (Wildman–Crippen MR) is 101 cm³/mol. The van der Waals surface area contributed by atoms with E-state index in [1.807, 2.05) is 36.6 Å². The van der Waals surface area contributed by atoms with Crippen LogP contribution in [-0.2, 0) is 4.79 Å². The summed E-state index contributed by atoms with van der Waals surface area (Å²) in [5.41, 5.74) is 1.86. The summed E-state index contributed by atoms with van der Waals surface area (Å²) in [7, 11) is 0. The maximum absolute atomic E-state index is 12.5. The van der Waals surface area contributed by atoms with Crippen LogP contribution >= 0.6 is 11.8 Å². The predicted octanol–water partition coefficient (Wildman–Crippen LogP) is 3.43. The molecule has 26 heavy (non-hydrogen) atoms. The van der Waals surface area contributed by atoms with Crippen LogP contribution in [0.4, 0.5) is 0 Å². The fourth-order valence-corrected chi connectivity index (χ4v) is 3.09.